The molecule has 0 atom stereocenters. The minimum atomic E-state index is -0.520. The van der Waals surface area contributed by atoms with Gasteiger partial charge in [-0.05, 0) is 30.0 Å². The van der Waals surface area contributed by atoms with Crippen molar-refractivity contribution in [2.45, 2.75) is 20.8 Å². The molecule has 2 nitrogen and oxygen atoms in total. The molecule has 3 heteroatoms. The van der Waals surface area contributed by atoms with Gasteiger partial charge in [-0.1, -0.05) is 26.5 Å². The highest BCUT2D eigenvalue weighted by atomic mass is 19.1. The Morgan fingerprint density at radius 1 is 1.17 bits per heavy atom. The van der Waals surface area contributed by atoms with E-state index in [-0.39, 0.29) is 11.5 Å². The Morgan fingerprint density at radius 2 is 1.78 bits per heavy atom. The van der Waals surface area contributed by atoms with Crippen molar-refractivity contribution in [1.82, 2.24) is 0 Å². The molecule has 0 saturated heterocycles. The van der Waals surface area contributed by atoms with E-state index in [9.17, 15) is 14.6 Å². The quantitative estimate of drug-likeness (QED) is 0.786. The predicted octanol–water partition coefficient (Wildman–Crippen LogP) is 4.37. The van der Waals surface area contributed by atoms with E-state index in [1.807, 2.05) is 13.8 Å². The number of aromatic hydroxyl groups is 2. The van der Waals surface area contributed by atoms with Gasteiger partial charge >= 0.3 is 0 Å². The molecule has 18 heavy (non-hydrogen) atoms. The maximum atomic E-state index is 13.6. The van der Waals surface area contributed by atoms with Crippen molar-refractivity contribution in [3.63, 3.8) is 0 Å². The Balaban J connectivity index is 0.000000771. The van der Waals surface area contributed by atoms with E-state index in [1.54, 1.807) is 6.92 Å². The molecule has 0 radical (unpaired) electrons. The second-order valence-corrected chi connectivity index (χ2v) is 3.68. The van der Waals surface area contributed by atoms with Crippen LogP contribution in [0.4, 0.5) is 4.39 Å². The van der Waals surface area contributed by atoms with Gasteiger partial charge in [-0.2, -0.15) is 0 Å². The van der Waals surface area contributed by atoms with Gasteiger partial charge in [-0.15, -0.1) is 0 Å². The van der Waals surface area contributed by atoms with Crippen LogP contribution in [0.5, 0.6) is 11.5 Å². The minimum Gasteiger partial charge on any atom is -0.508 e. The van der Waals surface area contributed by atoms with Gasteiger partial charge in [0, 0.05) is 17.0 Å². The summed E-state index contributed by atoms with van der Waals surface area (Å²) in [6.45, 7) is 9.29. The van der Waals surface area contributed by atoms with Gasteiger partial charge < -0.3 is 10.2 Å². The number of rotatable bonds is 1. The van der Waals surface area contributed by atoms with Gasteiger partial charge in [0.05, 0.1) is 0 Å². The Hall–Kier alpha value is -2.03. The van der Waals surface area contributed by atoms with Crippen LogP contribution >= 0.6 is 0 Å². The first kappa shape index (κ1) is 14.0. The van der Waals surface area contributed by atoms with Gasteiger partial charge in [0.1, 0.15) is 17.3 Å². The summed E-state index contributed by atoms with van der Waals surface area (Å²) in [5.74, 6) is -0.659. The largest absolute Gasteiger partial charge is 0.508 e. The summed E-state index contributed by atoms with van der Waals surface area (Å²) in [6, 6.07) is 3.95. The molecule has 0 aromatic heterocycles. The molecule has 0 fully saturated rings. The molecule has 2 aromatic carbocycles. The summed E-state index contributed by atoms with van der Waals surface area (Å²) in [4.78, 5) is 0. The summed E-state index contributed by atoms with van der Waals surface area (Å²) in [6.07, 6.45) is 1.40. The predicted molar refractivity (Wildman–Crippen MR) is 73.4 cm³/mol. The van der Waals surface area contributed by atoms with Crippen LogP contribution in [-0.2, 0) is 0 Å². The number of hydrogen-bond acceptors (Lipinski definition) is 2. The van der Waals surface area contributed by atoms with Gasteiger partial charge in [-0.3, -0.25) is 0 Å². The molecule has 2 aromatic rings. The van der Waals surface area contributed by atoms with Gasteiger partial charge in [0.25, 0.3) is 0 Å². The average molecular weight is 248 g/mol. The average Bonchev–Trinajstić information content (AvgIpc) is 2.33. The molecule has 0 saturated carbocycles. The van der Waals surface area contributed by atoms with Crippen molar-refractivity contribution in [1.29, 1.82) is 0 Å². The molecule has 96 valence electrons. The van der Waals surface area contributed by atoms with Crippen molar-refractivity contribution in [3.05, 3.63) is 41.7 Å². The zero-order valence-electron chi connectivity index (χ0n) is 10.8. The van der Waals surface area contributed by atoms with Crippen molar-refractivity contribution >= 4 is 16.8 Å². The van der Waals surface area contributed by atoms with E-state index in [0.717, 1.165) is 6.07 Å². The van der Waals surface area contributed by atoms with E-state index >= 15 is 0 Å². The fourth-order valence-corrected chi connectivity index (χ4v) is 1.92. The summed E-state index contributed by atoms with van der Waals surface area (Å²) in [5, 5.41) is 20.1. The van der Waals surface area contributed by atoms with E-state index < -0.39 is 5.82 Å². The number of phenols is 2. The maximum absolute atomic E-state index is 13.6. The van der Waals surface area contributed by atoms with Crippen LogP contribution in [0.25, 0.3) is 16.8 Å². The Morgan fingerprint density at radius 3 is 2.33 bits per heavy atom. The Bertz CT molecular complexity index is 589. The standard InChI is InChI=1S/C13H11FO2.C2H6/c1-3-9-11(14)6-12(16)10-5-8(15)4-7(2)13(9)10;1-2/h3-6,15-16H,1H2,2H3;1-2H3. The topological polar surface area (TPSA) is 40.5 Å². The molecule has 2 N–H and O–H groups in total. The molecule has 0 amide bonds. The zero-order chi connectivity index (χ0) is 13.9. The van der Waals surface area contributed by atoms with Crippen LogP contribution in [0.15, 0.2) is 24.8 Å². The van der Waals surface area contributed by atoms with E-state index in [1.165, 1.54) is 18.2 Å². The number of hydrogen-bond donors (Lipinski definition) is 2. The lowest BCUT2D eigenvalue weighted by molar-refractivity contribution is 0.468. The highest BCUT2D eigenvalue weighted by Crippen LogP contribution is 2.35. The van der Waals surface area contributed by atoms with Crippen LogP contribution in [0.2, 0.25) is 0 Å². The van der Waals surface area contributed by atoms with Crippen LogP contribution in [-0.4, -0.2) is 10.2 Å². The first-order chi connectivity index (χ1) is 8.54. The molecule has 0 aliphatic carbocycles. The number of phenolic OH excluding ortho intramolecular Hbond substituents is 2. The molecule has 0 unspecified atom stereocenters. The summed E-state index contributed by atoms with van der Waals surface area (Å²) in [7, 11) is 0. The molecule has 0 aliphatic heterocycles. The van der Waals surface area contributed by atoms with E-state index in [2.05, 4.69) is 6.58 Å². The van der Waals surface area contributed by atoms with Crippen molar-refractivity contribution in [2.75, 3.05) is 0 Å². The SMILES string of the molecule is C=Cc1c(F)cc(O)c2cc(O)cc(C)c12.CC. The molecule has 2 rings (SSSR count). The summed E-state index contributed by atoms with van der Waals surface area (Å²) < 4.78 is 13.6. The number of aryl methyl sites for hydroxylation is 1. The smallest absolute Gasteiger partial charge is 0.134 e. The third-order valence-electron chi connectivity index (χ3n) is 2.59. The van der Waals surface area contributed by atoms with Crippen molar-refractivity contribution in [3.8, 4) is 11.5 Å². The zero-order valence-corrected chi connectivity index (χ0v) is 10.8. The van der Waals surface area contributed by atoms with Crippen LogP contribution in [0.3, 0.4) is 0 Å². The van der Waals surface area contributed by atoms with Gasteiger partial charge in [0.15, 0.2) is 0 Å². The summed E-state index contributed by atoms with van der Waals surface area (Å²) in [5.41, 5.74) is 1.03. The van der Waals surface area contributed by atoms with Gasteiger partial charge in [-0.25, -0.2) is 4.39 Å². The number of benzene rings is 2. The monoisotopic (exact) mass is 248 g/mol. The molecule has 0 heterocycles. The van der Waals surface area contributed by atoms with Crippen LogP contribution < -0.4 is 0 Å². The molecular weight excluding hydrogens is 231 g/mol. The second-order valence-electron chi connectivity index (χ2n) is 3.68. The Kier molecular flexibility index (Phi) is 4.32. The molecular formula is C15H17FO2. The van der Waals surface area contributed by atoms with Crippen LogP contribution in [0, 0.1) is 12.7 Å². The Labute approximate surface area is 106 Å². The van der Waals surface area contributed by atoms with Crippen LogP contribution in [0.1, 0.15) is 25.0 Å². The number of fused-ring (bicyclic) bond motifs is 1. The maximum Gasteiger partial charge on any atom is 0.134 e. The highest BCUT2D eigenvalue weighted by Gasteiger charge is 2.12. The normalized spacial score (nSPS) is 9.78. The lowest BCUT2D eigenvalue weighted by Crippen LogP contribution is -1.89. The van der Waals surface area contributed by atoms with Crippen molar-refractivity contribution in [2.24, 2.45) is 0 Å². The first-order valence-corrected chi connectivity index (χ1v) is 5.82. The highest BCUT2D eigenvalue weighted by molar-refractivity contribution is 5.98. The molecule has 0 aliphatic rings. The second kappa shape index (κ2) is 5.54. The van der Waals surface area contributed by atoms with Gasteiger partial charge in [0.2, 0.25) is 0 Å². The molecule has 0 spiro atoms. The molecule has 0 bridgehead atoms. The summed E-state index contributed by atoms with van der Waals surface area (Å²) >= 11 is 0. The lowest BCUT2D eigenvalue weighted by atomic mass is 9.98. The first-order valence-electron chi connectivity index (χ1n) is 5.82. The fourth-order valence-electron chi connectivity index (χ4n) is 1.92. The third-order valence-corrected chi connectivity index (χ3v) is 2.59. The van der Waals surface area contributed by atoms with E-state index in [4.69, 9.17) is 0 Å². The third kappa shape index (κ3) is 2.30. The lowest BCUT2D eigenvalue weighted by Gasteiger charge is -2.10. The minimum absolute atomic E-state index is 0.0434. The number of halogens is 1. The fraction of sp³-hybridized carbons (Fsp3) is 0.200. The van der Waals surface area contributed by atoms with Crippen molar-refractivity contribution < 1.29 is 14.6 Å². The van der Waals surface area contributed by atoms with E-state index in [0.29, 0.717) is 21.9 Å².